The maximum absolute atomic E-state index is 12.5. The third-order valence-corrected chi connectivity index (χ3v) is 4.61. The summed E-state index contributed by atoms with van der Waals surface area (Å²) in [4.78, 5) is 14.6. The molecule has 1 aromatic heterocycles. The van der Waals surface area contributed by atoms with Crippen LogP contribution in [-0.2, 0) is 11.8 Å². The number of hydrogen-bond donors (Lipinski definition) is 2. The van der Waals surface area contributed by atoms with E-state index in [9.17, 15) is 4.79 Å². The second-order valence-corrected chi connectivity index (χ2v) is 6.74. The lowest BCUT2D eigenvalue weighted by Crippen LogP contribution is -2.49. The number of aryl methyl sites for hydroxylation is 1. The van der Waals surface area contributed by atoms with Crippen molar-refractivity contribution < 1.29 is 4.79 Å². The maximum atomic E-state index is 12.5. The van der Waals surface area contributed by atoms with Crippen LogP contribution < -0.4 is 10.6 Å². The quantitative estimate of drug-likeness (QED) is 0.817. The Morgan fingerprint density at radius 2 is 2.09 bits per heavy atom. The van der Waals surface area contributed by atoms with Gasteiger partial charge >= 0.3 is 0 Å². The average molecular weight is 366 g/mol. The lowest BCUT2D eigenvalue weighted by Gasteiger charge is -2.33. The topological polar surface area (TPSA) is 62.2 Å². The standard InChI is InChI=1S/C15H27N5O.2ClH/c1-15(2,19(3)4)10-17-14(21)13-8-16-7-12(13)11-6-18-20(5)9-11;;/h6,9,12-13,16H,7-8,10H2,1-5H3,(H,17,21);2*1H/t12-,13+;;/m1../s1. The Kier molecular flexibility index (Phi) is 8.56. The Bertz CT molecular complexity index is 504. The molecule has 0 radical (unpaired) electrons. The van der Waals surface area contributed by atoms with Crippen molar-refractivity contribution >= 4 is 30.7 Å². The summed E-state index contributed by atoms with van der Waals surface area (Å²) < 4.78 is 1.79. The highest BCUT2D eigenvalue weighted by atomic mass is 35.5. The number of aromatic nitrogens is 2. The molecule has 2 rings (SSSR count). The van der Waals surface area contributed by atoms with Crippen LogP contribution in [0.1, 0.15) is 25.3 Å². The van der Waals surface area contributed by atoms with E-state index in [1.807, 2.05) is 33.5 Å². The highest BCUT2D eigenvalue weighted by Crippen LogP contribution is 2.28. The van der Waals surface area contributed by atoms with Crippen molar-refractivity contribution in [1.29, 1.82) is 0 Å². The summed E-state index contributed by atoms with van der Waals surface area (Å²) in [5, 5.41) is 10.6. The number of rotatable bonds is 5. The highest BCUT2D eigenvalue weighted by molar-refractivity contribution is 5.85. The molecular formula is C15H29Cl2N5O. The smallest absolute Gasteiger partial charge is 0.225 e. The van der Waals surface area contributed by atoms with Crippen molar-refractivity contribution in [2.75, 3.05) is 33.7 Å². The van der Waals surface area contributed by atoms with Gasteiger partial charge in [0.25, 0.3) is 0 Å². The van der Waals surface area contributed by atoms with Crippen LogP contribution in [0.4, 0.5) is 0 Å². The van der Waals surface area contributed by atoms with Crippen molar-refractivity contribution in [3.05, 3.63) is 18.0 Å². The second-order valence-electron chi connectivity index (χ2n) is 6.74. The van der Waals surface area contributed by atoms with Crippen molar-refractivity contribution in [3.63, 3.8) is 0 Å². The fourth-order valence-electron chi connectivity index (χ4n) is 2.53. The van der Waals surface area contributed by atoms with Gasteiger partial charge in [0.1, 0.15) is 0 Å². The van der Waals surface area contributed by atoms with Gasteiger partial charge < -0.3 is 15.5 Å². The first-order chi connectivity index (χ1) is 9.81. The number of nitrogens with zero attached hydrogens (tertiary/aromatic N) is 3. The van der Waals surface area contributed by atoms with E-state index >= 15 is 0 Å². The molecule has 2 atom stereocenters. The van der Waals surface area contributed by atoms with Gasteiger partial charge in [0, 0.05) is 44.3 Å². The average Bonchev–Trinajstić information content (AvgIpc) is 3.03. The van der Waals surface area contributed by atoms with Gasteiger partial charge in [-0.2, -0.15) is 5.10 Å². The summed E-state index contributed by atoms with van der Waals surface area (Å²) >= 11 is 0. The van der Waals surface area contributed by atoms with Crippen LogP contribution in [0.25, 0.3) is 0 Å². The van der Waals surface area contributed by atoms with Gasteiger partial charge in [0.15, 0.2) is 0 Å². The number of likely N-dealkylation sites (N-methyl/N-ethyl adjacent to an activating group) is 1. The van der Waals surface area contributed by atoms with Gasteiger partial charge in [-0.25, -0.2) is 0 Å². The number of carbonyl (C=O) groups is 1. The van der Waals surface area contributed by atoms with E-state index in [0.29, 0.717) is 6.54 Å². The van der Waals surface area contributed by atoms with Gasteiger partial charge in [-0.05, 0) is 33.5 Å². The molecule has 1 fully saturated rings. The zero-order chi connectivity index (χ0) is 15.6. The van der Waals surface area contributed by atoms with Gasteiger partial charge in [0.2, 0.25) is 5.91 Å². The lowest BCUT2D eigenvalue weighted by atomic mass is 9.90. The summed E-state index contributed by atoms with van der Waals surface area (Å²) in [7, 11) is 5.96. The highest BCUT2D eigenvalue weighted by Gasteiger charge is 2.35. The molecule has 0 aromatic carbocycles. The predicted molar refractivity (Wildman–Crippen MR) is 97.6 cm³/mol. The molecular weight excluding hydrogens is 337 g/mol. The molecule has 0 spiro atoms. The molecule has 1 amide bonds. The Hall–Kier alpha value is -0.820. The van der Waals surface area contributed by atoms with Crippen LogP contribution in [0, 0.1) is 5.92 Å². The minimum Gasteiger partial charge on any atom is -0.354 e. The molecule has 1 aromatic rings. The molecule has 134 valence electrons. The first-order valence-electron chi connectivity index (χ1n) is 7.45. The fraction of sp³-hybridized carbons (Fsp3) is 0.733. The summed E-state index contributed by atoms with van der Waals surface area (Å²) in [5.74, 6) is 0.317. The fourth-order valence-corrected chi connectivity index (χ4v) is 2.53. The molecule has 1 aliphatic heterocycles. The van der Waals surface area contributed by atoms with Crippen molar-refractivity contribution in [2.45, 2.75) is 25.3 Å². The molecule has 6 nitrogen and oxygen atoms in total. The largest absolute Gasteiger partial charge is 0.354 e. The molecule has 23 heavy (non-hydrogen) atoms. The van der Waals surface area contributed by atoms with Gasteiger partial charge in [-0.1, -0.05) is 0 Å². The maximum Gasteiger partial charge on any atom is 0.225 e. The van der Waals surface area contributed by atoms with E-state index in [1.54, 1.807) is 4.68 Å². The van der Waals surface area contributed by atoms with E-state index in [-0.39, 0.29) is 48.1 Å². The Labute approximate surface area is 151 Å². The van der Waals surface area contributed by atoms with Crippen LogP contribution in [0.3, 0.4) is 0 Å². The van der Waals surface area contributed by atoms with Crippen LogP contribution in [0.15, 0.2) is 12.4 Å². The van der Waals surface area contributed by atoms with E-state index in [0.717, 1.165) is 18.7 Å². The number of hydrogen-bond acceptors (Lipinski definition) is 4. The first-order valence-corrected chi connectivity index (χ1v) is 7.45. The van der Waals surface area contributed by atoms with Crippen molar-refractivity contribution in [1.82, 2.24) is 25.3 Å². The minimum absolute atomic E-state index is 0. The number of amides is 1. The normalized spacial score (nSPS) is 20.8. The molecule has 0 aliphatic carbocycles. The van der Waals surface area contributed by atoms with Crippen molar-refractivity contribution in [2.24, 2.45) is 13.0 Å². The SMILES string of the molecule is CN(C)C(C)(C)CNC(=O)[C@H]1CNC[C@@H]1c1cnn(C)c1.Cl.Cl. The lowest BCUT2D eigenvalue weighted by molar-refractivity contribution is -0.125. The molecule has 2 N–H and O–H groups in total. The monoisotopic (exact) mass is 365 g/mol. The third-order valence-electron chi connectivity index (χ3n) is 4.61. The van der Waals surface area contributed by atoms with Gasteiger partial charge in [-0.3, -0.25) is 9.48 Å². The molecule has 0 bridgehead atoms. The summed E-state index contributed by atoms with van der Waals surface area (Å²) in [6, 6.07) is 0. The number of nitrogens with one attached hydrogen (secondary N) is 2. The summed E-state index contributed by atoms with van der Waals surface area (Å²) in [6.45, 7) is 6.46. The van der Waals surface area contributed by atoms with E-state index in [1.165, 1.54) is 0 Å². The zero-order valence-corrected chi connectivity index (χ0v) is 16.1. The van der Waals surface area contributed by atoms with Gasteiger partial charge in [-0.15, -0.1) is 24.8 Å². The van der Waals surface area contributed by atoms with Crippen LogP contribution in [0.5, 0.6) is 0 Å². The third kappa shape index (κ3) is 5.35. The molecule has 2 heterocycles. The van der Waals surface area contributed by atoms with Gasteiger partial charge in [0.05, 0.1) is 12.1 Å². The molecule has 0 unspecified atom stereocenters. The first kappa shape index (κ1) is 22.2. The Morgan fingerprint density at radius 1 is 1.43 bits per heavy atom. The van der Waals surface area contributed by atoms with Crippen LogP contribution in [-0.4, -0.2) is 59.9 Å². The van der Waals surface area contributed by atoms with Crippen molar-refractivity contribution in [3.8, 4) is 0 Å². The molecule has 1 aliphatic rings. The Balaban J connectivity index is 0.00000242. The number of carbonyl (C=O) groups excluding carboxylic acids is 1. The minimum atomic E-state index is -0.0501. The second kappa shape index (κ2) is 8.87. The molecule has 8 heteroatoms. The van der Waals surface area contributed by atoms with E-state index in [4.69, 9.17) is 0 Å². The molecule has 1 saturated heterocycles. The molecule has 0 saturated carbocycles. The van der Waals surface area contributed by atoms with E-state index < -0.39 is 0 Å². The van der Waals surface area contributed by atoms with Crippen LogP contribution >= 0.6 is 24.8 Å². The number of halogens is 2. The Morgan fingerprint density at radius 3 is 2.61 bits per heavy atom. The van der Waals surface area contributed by atoms with E-state index in [2.05, 4.69) is 34.5 Å². The summed E-state index contributed by atoms with van der Waals surface area (Å²) in [5.41, 5.74) is 1.08. The summed E-state index contributed by atoms with van der Waals surface area (Å²) in [6.07, 6.45) is 3.86. The predicted octanol–water partition coefficient (Wildman–Crippen LogP) is 1.02. The van der Waals surface area contributed by atoms with Crippen LogP contribution in [0.2, 0.25) is 0 Å². The zero-order valence-electron chi connectivity index (χ0n) is 14.5.